The molecule has 24 heavy (non-hydrogen) atoms. The first-order valence-corrected chi connectivity index (χ1v) is 8.48. The van der Waals surface area contributed by atoms with Crippen molar-refractivity contribution < 1.29 is 19.1 Å². The average molecular weight is 329 g/mol. The number of unbranched alkanes of at least 4 members (excludes halogenated alkanes) is 2. The van der Waals surface area contributed by atoms with Crippen LogP contribution in [0.1, 0.15) is 55.8 Å². The van der Waals surface area contributed by atoms with Crippen LogP contribution in [0.2, 0.25) is 0 Å². The van der Waals surface area contributed by atoms with Crippen molar-refractivity contribution in [2.75, 3.05) is 6.61 Å². The molecule has 0 spiro atoms. The Balaban J connectivity index is 1.91. The third-order valence-electron chi connectivity index (χ3n) is 4.00. The fourth-order valence-corrected chi connectivity index (χ4v) is 2.54. The van der Waals surface area contributed by atoms with Crippen molar-refractivity contribution >= 4 is 29.4 Å². The van der Waals surface area contributed by atoms with E-state index in [1.54, 1.807) is 24.3 Å². The maximum Gasteiger partial charge on any atom is 0.338 e. The zero-order valence-electron chi connectivity index (χ0n) is 14.0. The first kappa shape index (κ1) is 18.0. The largest absolute Gasteiger partial charge is 0.462 e. The Morgan fingerprint density at radius 2 is 1.83 bits per heavy atom. The van der Waals surface area contributed by atoms with Crippen molar-refractivity contribution in [3.63, 3.8) is 0 Å². The number of carbonyl (C=O) groups is 3. The van der Waals surface area contributed by atoms with Gasteiger partial charge in [0.1, 0.15) is 17.5 Å². The van der Waals surface area contributed by atoms with Gasteiger partial charge < -0.3 is 4.74 Å². The van der Waals surface area contributed by atoms with E-state index >= 15 is 0 Å². The lowest BCUT2D eigenvalue weighted by Crippen LogP contribution is -2.29. The van der Waals surface area contributed by atoms with E-state index in [0.717, 1.165) is 19.3 Å². The Morgan fingerprint density at radius 3 is 2.46 bits per heavy atom. The number of carbonyl (C=O) groups excluding carboxylic acids is 3. The first-order valence-electron chi connectivity index (χ1n) is 8.48. The second-order valence-electron chi connectivity index (χ2n) is 5.93. The van der Waals surface area contributed by atoms with Gasteiger partial charge in [-0.05, 0) is 37.1 Å². The molecule has 1 aromatic rings. The smallest absolute Gasteiger partial charge is 0.338 e. The molecule has 0 saturated heterocycles. The van der Waals surface area contributed by atoms with Gasteiger partial charge in [0.15, 0.2) is 0 Å². The number of hydrogen-bond donors (Lipinski definition) is 0. The van der Waals surface area contributed by atoms with E-state index in [2.05, 4.69) is 11.9 Å². The third kappa shape index (κ3) is 5.11. The van der Waals surface area contributed by atoms with Crippen molar-refractivity contribution in [3.05, 3.63) is 29.8 Å². The Morgan fingerprint density at radius 1 is 1.17 bits per heavy atom. The van der Waals surface area contributed by atoms with Crippen LogP contribution >= 0.6 is 0 Å². The Bertz CT molecular complexity index is 603. The molecule has 1 aromatic carbocycles. The molecule has 1 aliphatic carbocycles. The van der Waals surface area contributed by atoms with Crippen LogP contribution in [0.3, 0.4) is 0 Å². The van der Waals surface area contributed by atoms with Crippen LogP contribution in [0.15, 0.2) is 29.3 Å². The van der Waals surface area contributed by atoms with Crippen LogP contribution in [0.5, 0.6) is 0 Å². The number of ketones is 2. The summed E-state index contributed by atoms with van der Waals surface area (Å²) in [6, 6.07) is 6.63. The molecule has 5 heteroatoms. The second kappa shape index (κ2) is 9.11. The lowest BCUT2D eigenvalue weighted by Gasteiger charge is -2.14. The fraction of sp³-hybridized carbons (Fsp3) is 0.474. The molecule has 0 aliphatic heterocycles. The number of benzene rings is 1. The van der Waals surface area contributed by atoms with E-state index in [0.29, 0.717) is 37.1 Å². The molecule has 0 unspecified atom stereocenters. The van der Waals surface area contributed by atoms with Gasteiger partial charge in [0.2, 0.25) is 0 Å². The van der Waals surface area contributed by atoms with E-state index < -0.39 is 5.92 Å². The minimum Gasteiger partial charge on any atom is -0.462 e. The number of rotatable bonds is 7. The summed E-state index contributed by atoms with van der Waals surface area (Å²) in [5.74, 6) is -1.20. The number of aliphatic imine (C=N–C) groups is 1. The molecule has 0 N–H and O–H groups in total. The summed E-state index contributed by atoms with van der Waals surface area (Å²) in [7, 11) is 0. The van der Waals surface area contributed by atoms with Gasteiger partial charge in [0.25, 0.3) is 0 Å². The van der Waals surface area contributed by atoms with Gasteiger partial charge in [-0.3, -0.25) is 14.6 Å². The minimum absolute atomic E-state index is 0.0673. The van der Waals surface area contributed by atoms with Crippen LogP contribution < -0.4 is 0 Å². The molecular weight excluding hydrogens is 306 g/mol. The SMILES string of the molecule is CCCCCOC(=O)c1ccc(N=CC2C(=O)CCCC2=O)cc1. The normalized spacial score (nSPS) is 15.9. The highest BCUT2D eigenvalue weighted by Gasteiger charge is 2.28. The van der Waals surface area contributed by atoms with Gasteiger partial charge in [-0.1, -0.05) is 19.8 Å². The molecule has 2 rings (SSSR count). The van der Waals surface area contributed by atoms with Crippen molar-refractivity contribution in [2.45, 2.75) is 45.4 Å². The molecule has 0 radical (unpaired) electrons. The van der Waals surface area contributed by atoms with Crippen molar-refractivity contribution in [1.82, 2.24) is 0 Å². The maximum atomic E-state index is 11.9. The standard InChI is InChI=1S/C19H23NO4/c1-2-3-4-12-24-19(23)14-8-10-15(11-9-14)20-13-16-17(21)6-5-7-18(16)22/h8-11,13,16H,2-7,12H2,1H3. The van der Waals surface area contributed by atoms with Crippen LogP contribution in [-0.4, -0.2) is 30.4 Å². The Labute approximate surface area is 142 Å². The summed E-state index contributed by atoms with van der Waals surface area (Å²) in [5, 5.41) is 0. The van der Waals surface area contributed by atoms with Gasteiger partial charge in [-0.2, -0.15) is 0 Å². The number of ether oxygens (including phenoxy) is 1. The van der Waals surface area contributed by atoms with E-state index in [4.69, 9.17) is 4.74 Å². The van der Waals surface area contributed by atoms with Gasteiger partial charge in [0.05, 0.1) is 17.9 Å². The minimum atomic E-state index is -0.720. The van der Waals surface area contributed by atoms with Crippen molar-refractivity contribution in [3.8, 4) is 0 Å². The van der Waals surface area contributed by atoms with Crippen LogP contribution in [-0.2, 0) is 14.3 Å². The predicted molar refractivity (Wildman–Crippen MR) is 91.8 cm³/mol. The van der Waals surface area contributed by atoms with Gasteiger partial charge in [-0.25, -0.2) is 4.79 Å². The van der Waals surface area contributed by atoms with E-state index in [-0.39, 0.29) is 17.5 Å². The molecule has 0 aromatic heterocycles. The Hall–Kier alpha value is -2.30. The van der Waals surface area contributed by atoms with Crippen LogP contribution in [0.4, 0.5) is 5.69 Å². The first-order chi connectivity index (χ1) is 11.6. The highest BCUT2D eigenvalue weighted by atomic mass is 16.5. The molecule has 1 fully saturated rings. The summed E-state index contributed by atoms with van der Waals surface area (Å²) in [5.41, 5.74) is 1.07. The third-order valence-corrected chi connectivity index (χ3v) is 4.00. The molecule has 128 valence electrons. The van der Waals surface area contributed by atoms with Crippen molar-refractivity contribution in [2.24, 2.45) is 10.9 Å². The quantitative estimate of drug-likeness (QED) is 0.331. The number of hydrogen-bond acceptors (Lipinski definition) is 5. The zero-order chi connectivity index (χ0) is 17.4. The van der Waals surface area contributed by atoms with Crippen LogP contribution in [0.25, 0.3) is 0 Å². The van der Waals surface area contributed by atoms with Crippen molar-refractivity contribution in [1.29, 1.82) is 0 Å². The molecule has 0 bridgehead atoms. The summed E-state index contributed by atoms with van der Waals surface area (Å²) in [6.07, 6.45) is 5.92. The molecule has 0 atom stereocenters. The topological polar surface area (TPSA) is 72.8 Å². The van der Waals surface area contributed by atoms with E-state index in [1.165, 1.54) is 6.21 Å². The summed E-state index contributed by atoms with van der Waals surface area (Å²) in [4.78, 5) is 39.5. The van der Waals surface area contributed by atoms with Crippen LogP contribution in [0, 0.1) is 5.92 Å². The molecule has 1 aliphatic rings. The highest BCUT2D eigenvalue weighted by Crippen LogP contribution is 2.18. The average Bonchev–Trinajstić information content (AvgIpc) is 2.58. The molecular formula is C19H23NO4. The highest BCUT2D eigenvalue weighted by molar-refractivity contribution is 6.16. The number of Topliss-reactive ketones (excluding diaryl/α,β-unsaturated/α-hetero) is 2. The Kier molecular flexibility index (Phi) is 6.85. The van der Waals surface area contributed by atoms with Gasteiger partial charge >= 0.3 is 5.97 Å². The number of nitrogens with zero attached hydrogens (tertiary/aromatic N) is 1. The molecule has 5 nitrogen and oxygen atoms in total. The van der Waals surface area contributed by atoms with Gasteiger partial charge in [0, 0.05) is 19.1 Å². The fourth-order valence-electron chi connectivity index (χ4n) is 2.54. The summed E-state index contributed by atoms with van der Waals surface area (Å²) < 4.78 is 5.19. The monoisotopic (exact) mass is 329 g/mol. The maximum absolute atomic E-state index is 11.9. The van der Waals surface area contributed by atoms with E-state index in [1.807, 2.05) is 0 Å². The predicted octanol–water partition coefficient (Wildman–Crippen LogP) is 3.67. The van der Waals surface area contributed by atoms with Gasteiger partial charge in [-0.15, -0.1) is 0 Å². The summed E-state index contributed by atoms with van der Waals surface area (Å²) >= 11 is 0. The molecule has 1 saturated carbocycles. The molecule has 0 heterocycles. The summed E-state index contributed by atoms with van der Waals surface area (Å²) in [6.45, 7) is 2.52. The van der Waals surface area contributed by atoms with E-state index in [9.17, 15) is 14.4 Å². The lowest BCUT2D eigenvalue weighted by molar-refractivity contribution is -0.132. The molecule has 0 amide bonds. The zero-order valence-corrected chi connectivity index (χ0v) is 14.0. The second-order valence-corrected chi connectivity index (χ2v) is 5.93. The lowest BCUT2D eigenvalue weighted by atomic mass is 9.87. The number of esters is 1.